The number of urea groups is 1. The lowest BCUT2D eigenvalue weighted by Crippen LogP contribution is -2.39. The lowest BCUT2D eigenvalue weighted by molar-refractivity contribution is -0.132. The molecule has 1 aromatic heterocycles. The third-order valence-corrected chi connectivity index (χ3v) is 5.56. The minimum absolute atomic E-state index is 0.149. The van der Waals surface area contributed by atoms with Gasteiger partial charge in [0.15, 0.2) is 0 Å². The average molecular weight is 418 g/mol. The quantitative estimate of drug-likeness (QED) is 0.720. The molecule has 2 heterocycles. The number of amides is 3. The number of para-hydroxylation sites is 2. The van der Waals surface area contributed by atoms with Crippen LogP contribution in [0.4, 0.5) is 16.3 Å². The van der Waals surface area contributed by atoms with Crippen LogP contribution in [0.15, 0.2) is 36.5 Å². The van der Waals surface area contributed by atoms with Gasteiger partial charge in [0, 0.05) is 31.3 Å². The highest BCUT2D eigenvalue weighted by molar-refractivity contribution is 7.98. The van der Waals surface area contributed by atoms with Gasteiger partial charge >= 0.3 is 6.03 Å². The summed E-state index contributed by atoms with van der Waals surface area (Å²) in [6.07, 6.45) is 5.90. The van der Waals surface area contributed by atoms with Crippen molar-refractivity contribution < 1.29 is 14.3 Å². The van der Waals surface area contributed by atoms with E-state index in [9.17, 15) is 9.59 Å². The van der Waals surface area contributed by atoms with Crippen molar-refractivity contribution in [3.05, 3.63) is 36.5 Å². The van der Waals surface area contributed by atoms with Crippen LogP contribution >= 0.6 is 11.8 Å². The van der Waals surface area contributed by atoms with Crippen LogP contribution in [0, 0.1) is 0 Å². The van der Waals surface area contributed by atoms with Crippen molar-refractivity contribution in [3.63, 3.8) is 0 Å². The molecule has 0 unspecified atom stereocenters. The van der Waals surface area contributed by atoms with Gasteiger partial charge in [0.2, 0.25) is 5.91 Å². The predicted octanol–water partition coefficient (Wildman–Crippen LogP) is 3.45. The number of rotatable bonds is 7. The first-order valence-electron chi connectivity index (χ1n) is 9.63. The first-order chi connectivity index (χ1) is 14.1. The van der Waals surface area contributed by atoms with E-state index in [1.807, 2.05) is 28.0 Å². The largest absolute Gasteiger partial charge is 0.495 e. The van der Waals surface area contributed by atoms with Gasteiger partial charge in [0.25, 0.3) is 0 Å². The Hall–Kier alpha value is -2.68. The molecule has 0 radical (unpaired) electrons. The number of carbonyl (C=O) groups is 2. The predicted molar refractivity (Wildman–Crippen MR) is 116 cm³/mol. The van der Waals surface area contributed by atoms with Gasteiger partial charge < -0.3 is 15.0 Å². The van der Waals surface area contributed by atoms with Crippen molar-refractivity contribution in [2.24, 2.45) is 0 Å². The van der Waals surface area contributed by atoms with Crippen molar-refractivity contribution in [3.8, 4) is 5.75 Å². The van der Waals surface area contributed by atoms with Gasteiger partial charge in [-0.1, -0.05) is 12.1 Å². The topological polar surface area (TPSA) is 88.5 Å². The summed E-state index contributed by atoms with van der Waals surface area (Å²) >= 11 is 1.69. The van der Waals surface area contributed by atoms with E-state index < -0.39 is 0 Å². The number of carbonyl (C=O) groups excluding carboxylic acids is 2. The molecule has 9 heteroatoms. The molecule has 8 nitrogen and oxygen atoms in total. The van der Waals surface area contributed by atoms with E-state index in [1.165, 1.54) is 0 Å². The zero-order valence-corrected chi connectivity index (χ0v) is 17.6. The van der Waals surface area contributed by atoms with Crippen molar-refractivity contribution in [1.29, 1.82) is 0 Å². The first-order valence-corrected chi connectivity index (χ1v) is 11.0. The van der Waals surface area contributed by atoms with Crippen LogP contribution in [-0.2, 0) is 4.79 Å². The van der Waals surface area contributed by atoms with Crippen LogP contribution in [0.1, 0.15) is 25.3 Å². The lowest BCUT2D eigenvalue weighted by atomic mass is 10.0. The molecule has 0 atom stereocenters. The second-order valence-corrected chi connectivity index (χ2v) is 7.78. The third-order valence-electron chi connectivity index (χ3n) is 4.95. The van der Waals surface area contributed by atoms with Gasteiger partial charge in [-0.2, -0.15) is 16.9 Å². The maximum atomic E-state index is 12.5. The number of likely N-dealkylation sites (tertiary alicyclic amines) is 1. The summed E-state index contributed by atoms with van der Waals surface area (Å²) in [6, 6.07) is 8.80. The molecule has 1 saturated heterocycles. The van der Waals surface area contributed by atoms with Gasteiger partial charge in [0.05, 0.1) is 25.0 Å². The fourth-order valence-electron chi connectivity index (χ4n) is 3.43. The zero-order chi connectivity index (χ0) is 20.6. The SMILES string of the molecule is COc1ccccc1NC(=O)Nc1ccnn1C1CCN(C(=O)CCSC)CC1. The molecule has 2 N–H and O–H groups in total. The first kappa shape index (κ1) is 21.0. The number of benzene rings is 1. The summed E-state index contributed by atoms with van der Waals surface area (Å²) in [5.41, 5.74) is 0.593. The minimum atomic E-state index is -0.360. The number of ether oxygens (including phenoxy) is 1. The molecular weight excluding hydrogens is 390 g/mol. The summed E-state index contributed by atoms with van der Waals surface area (Å²) < 4.78 is 7.10. The average Bonchev–Trinajstić information content (AvgIpc) is 3.20. The Morgan fingerprint density at radius 3 is 2.69 bits per heavy atom. The van der Waals surface area contributed by atoms with Crippen molar-refractivity contribution in [1.82, 2.24) is 14.7 Å². The molecule has 1 aliphatic rings. The summed E-state index contributed by atoms with van der Waals surface area (Å²) in [5, 5.41) is 10.1. The number of nitrogens with zero attached hydrogens (tertiary/aromatic N) is 3. The molecule has 0 aliphatic carbocycles. The smallest absolute Gasteiger partial charge is 0.324 e. The number of nitrogens with one attached hydrogen (secondary N) is 2. The standard InChI is InChI=1S/C20H27N5O3S/c1-28-17-6-4-3-5-16(17)22-20(27)23-18-7-11-21-25(18)15-8-12-24(13-9-15)19(26)10-14-29-2/h3-7,11,15H,8-10,12-14H2,1-2H3,(H2,22,23,27). The minimum Gasteiger partial charge on any atom is -0.495 e. The van der Waals surface area contributed by atoms with E-state index in [1.54, 1.807) is 43.3 Å². The van der Waals surface area contributed by atoms with Gasteiger partial charge in [-0.05, 0) is 31.2 Å². The van der Waals surface area contributed by atoms with Crippen LogP contribution in [-0.4, -0.2) is 58.8 Å². The highest BCUT2D eigenvalue weighted by Crippen LogP contribution is 2.27. The molecule has 0 saturated carbocycles. The highest BCUT2D eigenvalue weighted by atomic mass is 32.2. The third kappa shape index (κ3) is 5.44. The monoisotopic (exact) mass is 417 g/mol. The maximum absolute atomic E-state index is 12.5. The fourth-order valence-corrected chi connectivity index (χ4v) is 3.81. The molecule has 0 spiro atoms. The highest BCUT2D eigenvalue weighted by Gasteiger charge is 2.25. The molecule has 3 rings (SSSR count). The Morgan fingerprint density at radius 1 is 1.21 bits per heavy atom. The van der Waals surface area contributed by atoms with Crippen LogP contribution in [0.2, 0.25) is 0 Å². The van der Waals surface area contributed by atoms with Crippen LogP contribution in [0.3, 0.4) is 0 Å². The normalized spacial score (nSPS) is 14.5. The molecule has 1 fully saturated rings. The van der Waals surface area contributed by atoms with E-state index in [-0.39, 0.29) is 18.0 Å². The van der Waals surface area contributed by atoms with E-state index in [0.717, 1.165) is 18.6 Å². The Morgan fingerprint density at radius 2 is 1.97 bits per heavy atom. The summed E-state index contributed by atoms with van der Waals surface area (Å²) in [6.45, 7) is 1.43. The number of thioether (sulfide) groups is 1. The second-order valence-electron chi connectivity index (χ2n) is 6.80. The molecule has 0 bridgehead atoms. The number of aromatic nitrogens is 2. The Bertz CT molecular complexity index is 833. The van der Waals surface area contributed by atoms with E-state index in [2.05, 4.69) is 15.7 Å². The molecular formula is C20H27N5O3S. The van der Waals surface area contributed by atoms with Gasteiger partial charge in [-0.25, -0.2) is 9.48 Å². The number of hydrogen-bond donors (Lipinski definition) is 2. The van der Waals surface area contributed by atoms with Crippen molar-refractivity contribution in [2.45, 2.75) is 25.3 Å². The van der Waals surface area contributed by atoms with Gasteiger partial charge in [-0.3, -0.25) is 10.1 Å². The van der Waals surface area contributed by atoms with Crippen molar-refractivity contribution >= 4 is 35.2 Å². The number of piperidine rings is 1. The Kier molecular flexibility index (Phi) is 7.40. The van der Waals surface area contributed by atoms with Crippen LogP contribution in [0.5, 0.6) is 5.75 Å². The molecule has 1 aromatic carbocycles. The van der Waals surface area contributed by atoms with Crippen LogP contribution < -0.4 is 15.4 Å². The summed E-state index contributed by atoms with van der Waals surface area (Å²) in [5.74, 6) is 2.29. The molecule has 156 valence electrons. The lowest BCUT2D eigenvalue weighted by Gasteiger charge is -2.32. The van der Waals surface area contributed by atoms with Gasteiger partial charge in [-0.15, -0.1) is 0 Å². The molecule has 2 aromatic rings. The second kappa shape index (κ2) is 10.2. The van der Waals surface area contributed by atoms with E-state index in [0.29, 0.717) is 36.8 Å². The Balaban J connectivity index is 1.57. The number of hydrogen-bond acceptors (Lipinski definition) is 5. The van der Waals surface area contributed by atoms with E-state index in [4.69, 9.17) is 4.74 Å². The maximum Gasteiger partial charge on any atom is 0.324 e. The van der Waals surface area contributed by atoms with Gasteiger partial charge in [0.1, 0.15) is 11.6 Å². The van der Waals surface area contributed by atoms with Crippen molar-refractivity contribution in [2.75, 3.05) is 42.8 Å². The zero-order valence-electron chi connectivity index (χ0n) is 16.8. The number of anilines is 2. The number of methoxy groups -OCH3 is 1. The summed E-state index contributed by atoms with van der Waals surface area (Å²) in [4.78, 5) is 26.6. The van der Waals surface area contributed by atoms with Crippen LogP contribution in [0.25, 0.3) is 0 Å². The molecule has 3 amide bonds. The van der Waals surface area contributed by atoms with E-state index >= 15 is 0 Å². The molecule has 29 heavy (non-hydrogen) atoms. The fraction of sp³-hybridized carbons (Fsp3) is 0.450. The molecule has 1 aliphatic heterocycles. The summed E-state index contributed by atoms with van der Waals surface area (Å²) in [7, 11) is 1.56. The Labute approximate surface area is 175 Å².